The summed E-state index contributed by atoms with van der Waals surface area (Å²) in [6, 6.07) is 0.620. The number of aromatic nitrogens is 2. The molecule has 2 unspecified atom stereocenters. The van der Waals surface area contributed by atoms with Crippen molar-refractivity contribution in [2.24, 2.45) is 0 Å². The van der Waals surface area contributed by atoms with E-state index in [-0.39, 0.29) is 0 Å². The topological polar surface area (TPSA) is 19.7 Å². The van der Waals surface area contributed by atoms with E-state index >= 15 is 0 Å². The molecular formula is C40H79N2+. The number of imidazole rings is 1. The maximum atomic E-state index is 3.68. The van der Waals surface area contributed by atoms with Crippen LogP contribution in [0.4, 0.5) is 0 Å². The molecular weight excluding hydrogens is 508 g/mol. The van der Waals surface area contributed by atoms with E-state index in [1.165, 1.54) is 205 Å². The molecule has 0 saturated heterocycles. The zero-order chi connectivity index (χ0) is 30.4. The fraction of sp³-hybridized carbons (Fsp3) is 0.925. The van der Waals surface area contributed by atoms with Gasteiger partial charge in [0.1, 0.15) is 12.4 Å². The van der Waals surface area contributed by atoms with Crippen LogP contribution in [0.2, 0.25) is 0 Å². The van der Waals surface area contributed by atoms with Crippen LogP contribution in [0.5, 0.6) is 0 Å². The molecule has 42 heavy (non-hydrogen) atoms. The molecule has 0 fully saturated rings. The number of nitrogens with one attached hydrogen (secondary N) is 1. The van der Waals surface area contributed by atoms with E-state index in [1.807, 2.05) is 0 Å². The third-order valence-corrected chi connectivity index (χ3v) is 9.87. The Morgan fingerprint density at radius 2 is 0.810 bits per heavy atom. The maximum Gasteiger partial charge on any atom is 0.257 e. The summed E-state index contributed by atoms with van der Waals surface area (Å²) in [7, 11) is 0. The summed E-state index contributed by atoms with van der Waals surface area (Å²) in [5, 5.41) is 0. The highest BCUT2D eigenvalue weighted by atomic mass is 15.1. The standard InChI is InChI=1S/C40H78N2/c1-5-8-10-12-14-16-18-20-22-24-26-28-30-32-35-39(33-7-3)40-41-36-37-42(40)38(4)34-31-29-27-25-23-21-19-17-15-13-11-9-6-2/h36-39H,5-35H2,1-4H3/p+1. The number of aromatic amines is 1. The van der Waals surface area contributed by atoms with Gasteiger partial charge in [0, 0.05) is 0 Å². The lowest BCUT2D eigenvalue weighted by atomic mass is 9.94. The van der Waals surface area contributed by atoms with Gasteiger partial charge in [0.05, 0.1) is 12.0 Å². The molecule has 0 amide bonds. The third-order valence-electron chi connectivity index (χ3n) is 9.87. The first kappa shape index (κ1) is 39.2. The number of unbranched alkanes of at least 4 members (excludes halogenated alkanes) is 25. The van der Waals surface area contributed by atoms with Gasteiger partial charge in [-0.2, -0.15) is 0 Å². The molecule has 1 rings (SSSR count). The van der Waals surface area contributed by atoms with Gasteiger partial charge in [-0.15, -0.1) is 0 Å². The lowest BCUT2D eigenvalue weighted by molar-refractivity contribution is -0.727. The van der Waals surface area contributed by atoms with Gasteiger partial charge < -0.3 is 0 Å². The van der Waals surface area contributed by atoms with Crippen LogP contribution in [0.1, 0.15) is 245 Å². The largest absolute Gasteiger partial charge is 0.257 e. The Hall–Kier alpha value is -0.790. The summed E-state index contributed by atoms with van der Waals surface area (Å²) >= 11 is 0. The zero-order valence-electron chi connectivity index (χ0n) is 29.7. The SMILES string of the molecule is CCCCCCCCCCCCCCCCC(CCC)c1[nH]cc[n+]1C(C)CCCCCCCCCCCCCCC. The second-order valence-corrected chi connectivity index (χ2v) is 14.0. The van der Waals surface area contributed by atoms with Crippen LogP contribution in [0.25, 0.3) is 0 Å². The lowest BCUT2D eigenvalue weighted by Crippen LogP contribution is -2.41. The van der Waals surface area contributed by atoms with E-state index in [4.69, 9.17) is 0 Å². The van der Waals surface area contributed by atoms with Crippen LogP contribution in [-0.2, 0) is 0 Å². The van der Waals surface area contributed by atoms with Crippen molar-refractivity contribution in [2.45, 2.75) is 239 Å². The molecule has 2 heteroatoms. The van der Waals surface area contributed by atoms with Crippen LogP contribution in [0.15, 0.2) is 12.4 Å². The van der Waals surface area contributed by atoms with Crippen molar-refractivity contribution in [1.29, 1.82) is 0 Å². The van der Waals surface area contributed by atoms with Crippen molar-refractivity contribution in [2.75, 3.05) is 0 Å². The van der Waals surface area contributed by atoms with Gasteiger partial charge in [-0.1, -0.05) is 194 Å². The number of hydrogen-bond donors (Lipinski definition) is 1. The Bertz CT molecular complexity index is 650. The highest BCUT2D eigenvalue weighted by molar-refractivity contribution is 4.90. The highest BCUT2D eigenvalue weighted by Gasteiger charge is 2.24. The molecule has 2 atom stereocenters. The minimum atomic E-state index is 0.620. The van der Waals surface area contributed by atoms with Gasteiger partial charge >= 0.3 is 0 Å². The summed E-state index contributed by atoms with van der Waals surface area (Å²) in [5.74, 6) is 2.21. The molecule has 0 aromatic carbocycles. The predicted molar refractivity (Wildman–Crippen MR) is 189 cm³/mol. The summed E-state index contributed by atoms with van der Waals surface area (Å²) in [5.41, 5.74) is 0. The monoisotopic (exact) mass is 588 g/mol. The Kier molecular flexibility index (Phi) is 28.3. The van der Waals surface area contributed by atoms with Crippen molar-refractivity contribution >= 4 is 0 Å². The summed E-state index contributed by atoms with van der Waals surface area (Å²) in [4.78, 5) is 3.68. The van der Waals surface area contributed by atoms with Crippen LogP contribution in [-0.4, -0.2) is 4.98 Å². The molecule has 2 nitrogen and oxygen atoms in total. The van der Waals surface area contributed by atoms with Gasteiger partial charge in [-0.3, -0.25) is 0 Å². The van der Waals surface area contributed by atoms with E-state index in [0.717, 1.165) is 0 Å². The fourth-order valence-corrected chi connectivity index (χ4v) is 7.02. The van der Waals surface area contributed by atoms with E-state index in [9.17, 15) is 0 Å². The van der Waals surface area contributed by atoms with E-state index in [2.05, 4.69) is 49.6 Å². The summed E-state index contributed by atoms with van der Waals surface area (Å²) in [6.45, 7) is 9.43. The van der Waals surface area contributed by atoms with Crippen LogP contribution in [0, 0.1) is 0 Å². The van der Waals surface area contributed by atoms with Gasteiger partial charge in [0.2, 0.25) is 0 Å². The number of rotatable bonds is 33. The van der Waals surface area contributed by atoms with E-state index < -0.39 is 0 Å². The van der Waals surface area contributed by atoms with Crippen molar-refractivity contribution < 1.29 is 4.57 Å². The minimum Gasteiger partial charge on any atom is -0.247 e. The minimum absolute atomic E-state index is 0.620. The third kappa shape index (κ3) is 21.8. The molecule has 0 aliphatic heterocycles. The first-order chi connectivity index (χ1) is 20.7. The Labute approximate surface area is 266 Å². The second-order valence-electron chi connectivity index (χ2n) is 14.0. The summed E-state index contributed by atoms with van der Waals surface area (Å²) in [6.07, 6.45) is 48.8. The second kappa shape index (κ2) is 30.2. The van der Waals surface area contributed by atoms with Crippen LogP contribution in [0.3, 0.4) is 0 Å². The van der Waals surface area contributed by atoms with Crippen molar-refractivity contribution in [3.05, 3.63) is 18.2 Å². The molecule has 0 spiro atoms. The average Bonchev–Trinajstić information content (AvgIpc) is 3.49. The first-order valence-corrected chi connectivity index (χ1v) is 19.8. The Morgan fingerprint density at radius 1 is 0.452 bits per heavy atom. The first-order valence-electron chi connectivity index (χ1n) is 19.8. The average molecular weight is 588 g/mol. The molecule has 1 aromatic heterocycles. The van der Waals surface area contributed by atoms with Crippen LogP contribution >= 0.6 is 0 Å². The van der Waals surface area contributed by atoms with E-state index in [0.29, 0.717) is 12.0 Å². The quantitative estimate of drug-likeness (QED) is 0.0623. The molecule has 1 aromatic rings. The lowest BCUT2D eigenvalue weighted by Gasteiger charge is -2.16. The molecule has 0 aliphatic rings. The van der Waals surface area contributed by atoms with Crippen molar-refractivity contribution in [3.8, 4) is 0 Å². The molecule has 0 saturated carbocycles. The van der Waals surface area contributed by atoms with Crippen molar-refractivity contribution in [1.82, 2.24) is 4.98 Å². The normalized spacial score (nSPS) is 13.1. The summed E-state index contributed by atoms with van der Waals surface area (Å²) < 4.78 is 2.60. The number of H-pyrrole nitrogens is 1. The molecule has 1 heterocycles. The highest BCUT2D eigenvalue weighted by Crippen LogP contribution is 2.26. The van der Waals surface area contributed by atoms with Gasteiger partial charge in [-0.05, 0) is 32.6 Å². The number of nitrogens with zero attached hydrogens (tertiary/aromatic N) is 1. The Morgan fingerprint density at radius 3 is 1.19 bits per heavy atom. The van der Waals surface area contributed by atoms with E-state index in [1.54, 1.807) is 0 Å². The van der Waals surface area contributed by atoms with Gasteiger partial charge in [0.15, 0.2) is 0 Å². The number of hydrogen-bond acceptors (Lipinski definition) is 0. The Balaban J connectivity index is 2.12. The van der Waals surface area contributed by atoms with Crippen molar-refractivity contribution in [3.63, 3.8) is 0 Å². The maximum absolute atomic E-state index is 3.68. The molecule has 248 valence electrons. The fourth-order valence-electron chi connectivity index (χ4n) is 7.02. The van der Waals surface area contributed by atoms with Gasteiger partial charge in [0.25, 0.3) is 5.82 Å². The predicted octanol–water partition coefficient (Wildman–Crippen LogP) is 14.1. The van der Waals surface area contributed by atoms with Crippen LogP contribution < -0.4 is 4.57 Å². The molecule has 0 bridgehead atoms. The molecule has 0 radical (unpaired) electrons. The van der Waals surface area contributed by atoms with Gasteiger partial charge in [-0.25, -0.2) is 9.55 Å². The smallest absolute Gasteiger partial charge is 0.247 e. The molecule has 1 N–H and O–H groups in total. The zero-order valence-corrected chi connectivity index (χ0v) is 29.7. The molecule has 0 aliphatic carbocycles.